The van der Waals surface area contributed by atoms with Crippen LogP contribution in [-0.2, 0) is 0 Å². The van der Waals surface area contributed by atoms with E-state index in [0.29, 0.717) is 12.1 Å². The minimum atomic E-state index is 0. The number of thiophene rings is 1. The molecule has 1 aliphatic carbocycles. The van der Waals surface area contributed by atoms with Gasteiger partial charge in [-0.05, 0) is 48.8 Å². The van der Waals surface area contributed by atoms with E-state index < -0.39 is 0 Å². The van der Waals surface area contributed by atoms with Crippen LogP contribution in [0.25, 0.3) is 0 Å². The van der Waals surface area contributed by atoms with Crippen LogP contribution in [0, 0.1) is 5.92 Å². The van der Waals surface area contributed by atoms with Gasteiger partial charge in [-0.3, -0.25) is 4.99 Å². The fourth-order valence-corrected chi connectivity index (χ4v) is 2.86. The van der Waals surface area contributed by atoms with Crippen molar-refractivity contribution in [2.75, 3.05) is 27.7 Å². The SMILES string of the molecule is CN=C(NCC(c1ccsc1)N(C)C)NC1CC1C.I. The van der Waals surface area contributed by atoms with E-state index in [4.69, 9.17) is 0 Å². The molecular weight excluding hydrogens is 383 g/mol. The third-order valence-electron chi connectivity index (χ3n) is 3.67. The van der Waals surface area contributed by atoms with Gasteiger partial charge in [0.2, 0.25) is 0 Å². The van der Waals surface area contributed by atoms with Gasteiger partial charge in [-0.25, -0.2) is 0 Å². The first-order chi connectivity index (χ1) is 9.11. The van der Waals surface area contributed by atoms with E-state index in [0.717, 1.165) is 18.4 Å². The molecule has 4 nitrogen and oxygen atoms in total. The molecule has 0 aromatic carbocycles. The van der Waals surface area contributed by atoms with Gasteiger partial charge in [-0.1, -0.05) is 6.92 Å². The van der Waals surface area contributed by atoms with Crippen molar-refractivity contribution < 1.29 is 0 Å². The van der Waals surface area contributed by atoms with Crippen LogP contribution in [0.3, 0.4) is 0 Å². The molecule has 0 saturated heterocycles. The average Bonchev–Trinajstić information content (AvgIpc) is 2.86. The Kier molecular flexibility index (Phi) is 7.25. The number of nitrogens with zero attached hydrogens (tertiary/aromatic N) is 2. The molecule has 1 fully saturated rings. The summed E-state index contributed by atoms with van der Waals surface area (Å²) in [5, 5.41) is 11.2. The van der Waals surface area contributed by atoms with Gasteiger partial charge in [0, 0.05) is 19.6 Å². The van der Waals surface area contributed by atoms with Crippen LogP contribution in [0.5, 0.6) is 0 Å². The predicted octanol–water partition coefficient (Wildman–Crippen LogP) is 2.54. The molecule has 3 atom stereocenters. The van der Waals surface area contributed by atoms with Crippen molar-refractivity contribution in [3.05, 3.63) is 22.4 Å². The van der Waals surface area contributed by atoms with Crippen LogP contribution in [-0.4, -0.2) is 44.6 Å². The first kappa shape index (κ1) is 17.7. The minimum absolute atomic E-state index is 0. The van der Waals surface area contributed by atoms with E-state index in [2.05, 4.69) is 58.4 Å². The number of hydrogen-bond donors (Lipinski definition) is 2. The molecular formula is C14H25IN4S. The fourth-order valence-electron chi connectivity index (χ4n) is 2.15. The molecule has 1 aliphatic rings. The van der Waals surface area contributed by atoms with Crippen LogP contribution in [0.2, 0.25) is 0 Å². The minimum Gasteiger partial charge on any atom is -0.354 e. The number of likely N-dealkylation sites (N-methyl/N-ethyl adjacent to an activating group) is 1. The van der Waals surface area contributed by atoms with Crippen molar-refractivity contribution in [2.45, 2.75) is 25.4 Å². The lowest BCUT2D eigenvalue weighted by molar-refractivity contribution is 0.298. The van der Waals surface area contributed by atoms with Crippen molar-refractivity contribution in [3.63, 3.8) is 0 Å². The molecule has 114 valence electrons. The molecule has 0 bridgehead atoms. The lowest BCUT2D eigenvalue weighted by atomic mass is 10.1. The highest BCUT2D eigenvalue weighted by Gasteiger charge is 2.33. The molecule has 0 radical (unpaired) electrons. The van der Waals surface area contributed by atoms with Gasteiger partial charge in [0.25, 0.3) is 0 Å². The van der Waals surface area contributed by atoms with Gasteiger partial charge in [0.15, 0.2) is 5.96 Å². The topological polar surface area (TPSA) is 39.7 Å². The van der Waals surface area contributed by atoms with Crippen LogP contribution in [0.15, 0.2) is 21.8 Å². The Bertz CT molecular complexity index is 419. The normalized spacial score (nSPS) is 23.1. The highest BCUT2D eigenvalue weighted by molar-refractivity contribution is 14.0. The number of aliphatic imine (C=N–C) groups is 1. The van der Waals surface area contributed by atoms with Gasteiger partial charge in [-0.15, -0.1) is 24.0 Å². The molecule has 6 heteroatoms. The van der Waals surface area contributed by atoms with Crippen molar-refractivity contribution in [3.8, 4) is 0 Å². The van der Waals surface area contributed by atoms with Crippen LogP contribution >= 0.6 is 35.3 Å². The monoisotopic (exact) mass is 408 g/mol. The van der Waals surface area contributed by atoms with E-state index >= 15 is 0 Å². The number of halogens is 1. The third-order valence-corrected chi connectivity index (χ3v) is 4.37. The predicted molar refractivity (Wildman–Crippen MR) is 98.2 cm³/mol. The summed E-state index contributed by atoms with van der Waals surface area (Å²) in [6.45, 7) is 3.13. The highest BCUT2D eigenvalue weighted by atomic mass is 127. The van der Waals surface area contributed by atoms with Gasteiger partial charge >= 0.3 is 0 Å². The number of rotatable bonds is 5. The van der Waals surface area contributed by atoms with Crippen LogP contribution in [0.1, 0.15) is 24.9 Å². The molecule has 1 aromatic heterocycles. The number of hydrogen-bond acceptors (Lipinski definition) is 3. The molecule has 2 N–H and O–H groups in total. The first-order valence-corrected chi connectivity index (χ1v) is 7.71. The van der Waals surface area contributed by atoms with E-state index in [-0.39, 0.29) is 24.0 Å². The maximum absolute atomic E-state index is 4.29. The summed E-state index contributed by atoms with van der Waals surface area (Å²) >= 11 is 1.75. The molecule has 2 rings (SSSR count). The summed E-state index contributed by atoms with van der Waals surface area (Å²) in [5.41, 5.74) is 1.36. The standard InChI is InChI=1S/C14H24N4S.HI/c1-10-7-12(10)17-14(15-2)16-8-13(18(3)4)11-5-6-19-9-11;/h5-6,9-10,12-13H,7-8H2,1-4H3,(H2,15,16,17);1H. The largest absolute Gasteiger partial charge is 0.354 e. The lowest BCUT2D eigenvalue weighted by Crippen LogP contribution is -2.42. The van der Waals surface area contributed by atoms with Gasteiger partial charge in [-0.2, -0.15) is 11.3 Å². The van der Waals surface area contributed by atoms with Crippen LogP contribution < -0.4 is 10.6 Å². The van der Waals surface area contributed by atoms with Crippen molar-refractivity contribution in [1.29, 1.82) is 0 Å². The number of guanidine groups is 1. The molecule has 3 unspecified atom stereocenters. The zero-order valence-electron chi connectivity index (χ0n) is 12.6. The highest BCUT2D eigenvalue weighted by Crippen LogP contribution is 2.28. The molecule has 0 aliphatic heterocycles. The van der Waals surface area contributed by atoms with Gasteiger partial charge < -0.3 is 15.5 Å². The van der Waals surface area contributed by atoms with E-state index in [9.17, 15) is 0 Å². The Morgan fingerprint density at radius 3 is 2.70 bits per heavy atom. The van der Waals surface area contributed by atoms with Crippen molar-refractivity contribution in [2.24, 2.45) is 10.9 Å². The Morgan fingerprint density at radius 2 is 2.25 bits per heavy atom. The second kappa shape index (κ2) is 8.19. The average molecular weight is 408 g/mol. The van der Waals surface area contributed by atoms with Gasteiger partial charge in [0.05, 0.1) is 6.04 Å². The quantitative estimate of drug-likeness (QED) is 0.447. The Balaban J connectivity index is 0.00000200. The molecule has 1 saturated carbocycles. The zero-order chi connectivity index (χ0) is 13.8. The summed E-state index contributed by atoms with van der Waals surface area (Å²) in [5.74, 6) is 1.69. The molecule has 0 spiro atoms. The molecule has 20 heavy (non-hydrogen) atoms. The summed E-state index contributed by atoms with van der Waals surface area (Å²) in [6, 6.07) is 3.17. The summed E-state index contributed by atoms with van der Waals surface area (Å²) in [6.07, 6.45) is 1.25. The third kappa shape index (κ3) is 4.89. The van der Waals surface area contributed by atoms with E-state index in [1.54, 1.807) is 11.3 Å². The van der Waals surface area contributed by atoms with Crippen LogP contribution in [0.4, 0.5) is 0 Å². The maximum atomic E-state index is 4.29. The number of nitrogens with one attached hydrogen (secondary N) is 2. The maximum Gasteiger partial charge on any atom is 0.191 e. The molecule has 0 amide bonds. The van der Waals surface area contributed by atoms with Gasteiger partial charge in [0.1, 0.15) is 0 Å². The Morgan fingerprint density at radius 1 is 1.55 bits per heavy atom. The van der Waals surface area contributed by atoms with E-state index in [1.807, 2.05) is 7.05 Å². The summed E-state index contributed by atoms with van der Waals surface area (Å²) < 4.78 is 0. The van der Waals surface area contributed by atoms with E-state index in [1.165, 1.54) is 12.0 Å². The smallest absolute Gasteiger partial charge is 0.191 e. The fraction of sp³-hybridized carbons (Fsp3) is 0.643. The molecule has 1 heterocycles. The van der Waals surface area contributed by atoms with Crippen molar-refractivity contribution >= 4 is 41.3 Å². The molecule has 1 aromatic rings. The Labute approximate surface area is 143 Å². The first-order valence-electron chi connectivity index (χ1n) is 6.77. The Hall–Kier alpha value is -0.340. The second-order valence-corrected chi connectivity index (χ2v) is 6.23. The zero-order valence-corrected chi connectivity index (χ0v) is 15.7. The summed E-state index contributed by atoms with van der Waals surface area (Å²) in [7, 11) is 6.06. The summed E-state index contributed by atoms with van der Waals surface area (Å²) in [4.78, 5) is 6.53. The second-order valence-electron chi connectivity index (χ2n) is 5.45. The lowest BCUT2D eigenvalue weighted by Gasteiger charge is -2.25. The van der Waals surface area contributed by atoms with Crippen molar-refractivity contribution in [1.82, 2.24) is 15.5 Å².